The highest BCUT2D eigenvalue weighted by atomic mass is 16.3. The van der Waals surface area contributed by atoms with E-state index >= 15 is 0 Å². The van der Waals surface area contributed by atoms with E-state index in [9.17, 15) is 0 Å². The second-order valence-corrected chi connectivity index (χ2v) is 2.39. The van der Waals surface area contributed by atoms with Gasteiger partial charge >= 0.3 is 0 Å². The van der Waals surface area contributed by atoms with Crippen LogP contribution in [0.4, 0.5) is 0 Å². The summed E-state index contributed by atoms with van der Waals surface area (Å²) in [7, 11) is 0. The minimum absolute atomic E-state index is 0. The van der Waals surface area contributed by atoms with Gasteiger partial charge < -0.3 is 37.2 Å². The molecule has 0 aliphatic rings. The Balaban J connectivity index is -0.000000180. The lowest BCUT2D eigenvalue weighted by Gasteiger charge is -1.94. The van der Waals surface area contributed by atoms with Crippen LogP contribution in [0.1, 0.15) is 0 Å². The van der Waals surface area contributed by atoms with Gasteiger partial charge in [0.05, 0.1) is 26.4 Å². The Morgan fingerprint density at radius 2 is 0.733 bits per heavy atom. The summed E-state index contributed by atoms with van der Waals surface area (Å²) in [5.74, 6) is 0. The van der Waals surface area contributed by atoms with Gasteiger partial charge in [-0.15, -0.1) is 0 Å². The van der Waals surface area contributed by atoms with Crippen LogP contribution in [0.3, 0.4) is 0 Å². The zero-order valence-electron chi connectivity index (χ0n) is 9.15. The Kier molecular flexibility index (Phi) is 31.6. The summed E-state index contributed by atoms with van der Waals surface area (Å²) < 4.78 is 0. The molecule has 96 valence electrons. The van der Waals surface area contributed by atoms with E-state index in [1.807, 2.05) is 0 Å². The third kappa shape index (κ3) is 31.6. The maximum absolute atomic E-state index is 8.15. The van der Waals surface area contributed by atoms with Crippen LogP contribution in [0.25, 0.3) is 0 Å². The lowest BCUT2D eigenvalue weighted by molar-refractivity contribution is 0.266. The SMILES string of the molecule is N.OCCNCCO.OCCNCCO. The van der Waals surface area contributed by atoms with Gasteiger partial charge in [-0.2, -0.15) is 0 Å². The van der Waals surface area contributed by atoms with Gasteiger partial charge in [-0.25, -0.2) is 0 Å². The molecule has 0 aromatic carbocycles. The van der Waals surface area contributed by atoms with Gasteiger partial charge in [-0.05, 0) is 0 Å². The molecule has 0 bridgehead atoms. The first kappa shape index (κ1) is 20.2. The summed E-state index contributed by atoms with van der Waals surface area (Å²) in [6.45, 7) is 2.84. The van der Waals surface area contributed by atoms with Gasteiger partial charge in [-0.1, -0.05) is 0 Å². The fraction of sp³-hybridized carbons (Fsp3) is 1.00. The quantitative estimate of drug-likeness (QED) is 0.223. The van der Waals surface area contributed by atoms with Gasteiger partial charge in [0.25, 0.3) is 0 Å². The molecule has 0 heterocycles. The number of hydrogen-bond donors (Lipinski definition) is 7. The molecule has 7 nitrogen and oxygen atoms in total. The van der Waals surface area contributed by atoms with Crippen molar-refractivity contribution < 1.29 is 20.4 Å². The average Bonchev–Trinajstić information content (AvgIpc) is 2.21. The summed E-state index contributed by atoms with van der Waals surface area (Å²) in [5.41, 5.74) is 0. The first-order chi connectivity index (χ1) is 6.83. The molecule has 0 amide bonds. The molecule has 0 aromatic rings. The van der Waals surface area contributed by atoms with E-state index in [1.165, 1.54) is 0 Å². The minimum Gasteiger partial charge on any atom is -0.395 e. The Morgan fingerprint density at radius 3 is 0.867 bits per heavy atom. The van der Waals surface area contributed by atoms with Crippen LogP contribution in [0, 0.1) is 0 Å². The second-order valence-electron chi connectivity index (χ2n) is 2.39. The van der Waals surface area contributed by atoms with E-state index < -0.39 is 0 Å². The lowest BCUT2D eigenvalue weighted by Crippen LogP contribution is -2.21. The largest absolute Gasteiger partial charge is 0.395 e. The van der Waals surface area contributed by atoms with E-state index in [1.54, 1.807) is 0 Å². The molecule has 0 aliphatic carbocycles. The molecule has 0 unspecified atom stereocenters. The smallest absolute Gasteiger partial charge is 0.0555 e. The van der Waals surface area contributed by atoms with Crippen molar-refractivity contribution in [1.29, 1.82) is 0 Å². The molecule has 0 saturated heterocycles. The Labute approximate surface area is 90.7 Å². The van der Waals surface area contributed by atoms with Crippen LogP contribution in [0.15, 0.2) is 0 Å². The molecule has 0 aromatic heterocycles. The second kappa shape index (κ2) is 23.5. The molecule has 0 atom stereocenters. The van der Waals surface area contributed by atoms with E-state index in [0.717, 1.165) is 0 Å². The van der Waals surface area contributed by atoms with Crippen molar-refractivity contribution in [3.05, 3.63) is 0 Å². The van der Waals surface area contributed by atoms with Crippen LogP contribution in [0.5, 0.6) is 0 Å². The zero-order valence-corrected chi connectivity index (χ0v) is 9.15. The summed E-state index contributed by atoms with van der Waals surface area (Å²) in [4.78, 5) is 0. The molecule has 0 rings (SSSR count). The molecule has 7 heteroatoms. The highest BCUT2D eigenvalue weighted by Gasteiger charge is 1.78. The van der Waals surface area contributed by atoms with Crippen LogP contribution in [0.2, 0.25) is 0 Å². The number of aliphatic hydroxyl groups is 4. The lowest BCUT2D eigenvalue weighted by atomic mass is 10.6. The van der Waals surface area contributed by atoms with Crippen LogP contribution in [-0.2, 0) is 0 Å². The minimum atomic E-state index is 0. The Morgan fingerprint density at radius 1 is 0.533 bits per heavy atom. The van der Waals surface area contributed by atoms with Crippen LogP contribution < -0.4 is 16.8 Å². The van der Waals surface area contributed by atoms with Crippen molar-refractivity contribution in [2.75, 3.05) is 52.6 Å². The third-order valence-electron chi connectivity index (χ3n) is 1.15. The number of rotatable bonds is 8. The molecule has 0 fully saturated rings. The molecule has 0 aliphatic heterocycles. The van der Waals surface area contributed by atoms with Crippen LogP contribution >= 0.6 is 0 Å². The van der Waals surface area contributed by atoms with Gasteiger partial charge in [0.2, 0.25) is 0 Å². The summed E-state index contributed by atoms with van der Waals surface area (Å²) in [6, 6.07) is 0. The predicted molar refractivity (Wildman–Crippen MR) is 59.1 cm³/mol. The molecule has 0 spiro atoms. The van der Waals surface area contributed by atoms with Gasteiger partial charge in [0.15, 0.2) is 0 Å². The first-order valence-electron chi connectivity index (χ1n) is 4.68. The van der Waals surface area contributed by atoms with Crippen LogP contribution in [-0.4, -0.2) is 73.0 Å². The topological polar surface area (TPSA) is 140 Å². The maximum Gasteiger partial charge on any atom is 0.0555 e. The van der Waals surface area contributed by atoms with Crippen molar-refractivity contribution in [3.8, 4) is 0 Å². The maximum atomic E-state index is 8.15. The van der Waals surface area contributed by atoms with Crippen molar-refractivity contribution in [2.45, 2.75) is 0 Å². The van der Waals surface area contributed by atoms with Gasteiger partial charge in [-0.3, -0.25) is 0 Å². The number of nitrogens with one attached hydrogen (secondary N) is 2. The number of aliphatic hydroxyl groups excluding tert-OH is 4. The van der Waals surface area contributed by atoms with Crippen molar-refractivity contribution in [1.82, 2.24) is 16.8 Å². The normalized spacial score (nSPS) is 8.80. The molecule has 0 saturated carbocycles. The summed E-state index contributed by atoms with van der Waals surface area (Å²) >= 11 is 0. The monoisotopic (exact) mass is 227 g/mol. The molecule has 0 radical (unpaired) electrons. The molecular formula is C8H25N3O4. The Bertz CT molecular complexity index is 70.3. The third-order valence-corrected chi connectivity index (χ3v) is 1.15. The standard InChI is InChI=1S/2C4H11NO2.H3N/c2*6-3-1-5-2-4-7;/h2*5-7H,1-4H2;1H3. The van der Waals surface area contributed by atoms with Crippen molar-refractivity contribution in [3.63, 3.8) is 0 Å². The van der Waals surface area contributed by atoms with E-state index in [2.05, 4.69) is 10.6 Å². The first-order valence-corrected chi connectivity index (χ1v) is 4.68. The summed E-state index contributed by atoms with van der Waals surface area (Å²) in [5, 5.41) is 38.2. The highest BCUT2D eigenvalue weighted by molar-refractivity contribution is 4.40. The average molecular weight is 227 g/mol. The van der Waals surface area contributed by atoms with E-state index in [4.69, 9.17) is 20.4 Å². The summed E-state index contributed by atoms with van der Waals surface area (Å²) in [6.07, 6.45) is 0. The Hall–Kier alpha value is -0.280. The molecule has 9 N–H and O–H groups in total. The van der Waals surface area contributed by atoms with E-state index in [-0.39, 0.29) is 32.6 Å². The number of hydrogen-bond acceptors (Lipinski definition) is 7. The van der Waals surface area contributed by atoms with Gasteiger partial charge in [0, 0.05) is 26.2 Å². The van der Waals surface area contributed by atoms with Gasteiger partial charge in [0.1, 0.15) is 0 Å². The van der Waals surface area contributed by atoms with Crippen molar-refractivity contribution >= 4 is 0 Å². The molecule has 15 heavy (non-hydrogen) atoms. The fourth-order valence-electron chi connectivity index (χ4n) is 0.566. The van der Waals surface area contributed by atoms with E-state index in [0.29, 0.717) is 26.2 Å². The molecular weight excluding hydrogens is 202 g/mol. The van der Waals surface area contributed by atoms with Crippen molar-refractivity contribution in [2.24, 2.45) is 0 Å². The predicted octanol–water partition coefficient (Wildman–Crippen LogP) is -2.72. The zero-order chi connectivity index (χ0) is 11.1. The highest BCUT2D eigenvalue weighted by Crippen LogP contribution is 1.54. The fourth-order valence-corrected chi connectivity index (χ4v) is 0.566.